The molecule has 1 rings (SSSR count). The van der Waals surface area contributed by atoms with Gasteiger partial charge in [0.05, 0.1) is 12.3 Å². The molecule has 1 saturated carbocycles. The molecule has 7 nitrogen and oxygen atoms in total. The number of hydrogen-bond donors (Lipinski definition) is 2. The van der Waals surface area contributed by atoms with E-state index in [-0.39, 0.29) is 24.8 Å². The van der Waals surface area contributed by atoms with Gasteiger partial charge < -0.3 is 19.9 Å². The average molecular weight is 357 g/mol. The molecule has 1 aliphatic carbocycles. The highest BCUT2D eigenvalue weighted by Gasteiger charge is 2.35. The molecule has 0 heterocycles. The van der Waals surface area contributed by atoms with Gasteiger partial charge in [0, 0.05) is 12.5 Å². The lowest BCUT2D eigenvalue weighted by molar-refractivity contribution is -0.178. The van der Waals surface area contributed by atoms with Gasteiger partial charge in [-0.3, -0.25) is 9.59 Å². The van der Waals surface area contributed by atoms with Crippen molar-refractivity contribution in [1.29, 1.82) is 0 Å². The monoisotopic (exact) mass is 357 g/mol. The fourth-order valence-electron chi connectivity index (χ4n) is 2.99. The molecule has 1 fully saturated rings. The summed E-state index contributed by atoms with van der Waals surface area (Å²) in [6.45, 7) is 7.25. The van der Waals surface area contributed by atoms with Crippen molar-refractivity contribution in [3.05, 3.63) is 0 Å². The first kappa shape index (κ1) is 21.3. The van der Waals surface area contributed by atoms with Gasteiger partial charge in [0.2, 0.25) is 0 Å². The Bertz CT molecular complexity index is 468. The molecule has 0 unspecified atom stereocenters. The quantitative estimate of drug-likeness (QED) is 0.510. The van der Waals surface area contributed by atoms with Crippen molar-refractivity contribution in [3.63, 3.8) is 0 Å². The normalized spacial score (nSPS) is 17.8. The minimum atomic E-state index is -0.961. The summed E-state index contributed by atoms with van der Waals surface area (Å²) < 4.78 is 10.4. The molecule has 25 heavy (non-hydrogen) atoms. The van der Waals surface area contributed by atoms with E-state index in [9.17, 15) is 14.4 Å². The summed E-state index contributed by atoms with van der Waals surface area (Å²) in [4.78, 5) is 35.0. The fourth-order valence-corrected chi connectivity index (χ4v) is 2.99. The molecule has 1 amide bonds. The molecule has 0 aliphatic heterocycles. The first-order valence-corrected chi connectivity index (χ1v) is 9.02. The third kappa shape index (κ3) is 7.32. The van der Waals surface area contributed by atoms with E-state index in [4.69, 9.17) is 14.6 Å². The fraction of sp³-hybridized carbons (Fsp3) is 0.833. The molecule has 0 aromatic rings. The molecule has 1 aliphatic rings. The Labute approximate surface area is 149 Å². The van der Waals surface area contributed by atoms with Crippen LogP contribution in [0.3, 0.4) is 0 Å². The Hall–Kier alpha value is -1.79. The largest absolute Gasteiger partial charge is 0.481 e. The SMILES string of the molecule is CC(C)C(=O)O[C@H](OC(=O)NCC1(CC(=O)O)CCCCC1)C(C)C. The predicted molar refractivity (Wildman–Crippen MR) is 91.8 cm³/mol. The Morgan fingerprint density at radius 2 is 1.64 bits per heavy atom. The average Bonchev–Trinajstić information content (AvgIpc) is 2.52. The standard InChI is InChI=1S/C18H31NO6/c1-12(2)15(22)24-16(13(3)4)25-17(23)19-11-18(10-14(20)21)8-6-5-7-9-18/h12-13,16H,5-11H2,1-4H3,(H,19,23)(H,20,21)/t16-/m1/s1. The van der Waals surface area contributed by atoms with Gasteiger partial charge >= 0.3 is 18.0 Å². The highest BCUT2D eigenvalue weighted by molar-refractivity contribution is 5.72. The molecule has 0 bridgehead atoms. The second-order valence-electron chi connectivity index (χ2n) is 7.59. The Balaban J connectivity index is 2.60. The summed E-state index contributed by atoms with van der Waals surface area (Å²) in [7, 11) is 0. The molecule has 0 aromatic carbocycles. The van der Waals surface area contributed by atoms with Crippen LogP contribution in [0.1, 0.15) is 66.2 Å². The van der Waals surface area contributed by atoms with Crippen LogP contribution in [0.5, 0.6) is 0 Å². The van der Waals surface area contributed by atoms with E-state index in [1.165, 1.54) is 0 Å². The smallest absolute Gasteiger partial charge is 0.410 e. The van der Waals surface area contributed by atoms with Crippen molar-refractivity contribution in [2.45, 2.75) is 72.5 Å². The maximum Gasteiger partial charge on any atom is 0.410 e. The highest BCUT2D eigenvalue weighted by atomic mass is 16.7. The van der Waals surface area contributed by atoms with Crippen LogP contribution in [0.25, 0.3) is 0 Å². The van der Waals surface area contributed by atoms with Crippen molar-refractivity contribution in [3.8, 4) is 0 Å². The number of carbonyl (C=O) groups excluding carboxylic acids is 2. The maximum absolute atomic E-state index is 12.1. The van der Waals surface area contributed by atoms with Crippen molar-refractivity contribution < 1.29 is 29.0 Å². The summed E-state index contributed by atoms with van der Waals surface area (Å²) in [6.07, 6.45) is 2.94. The van der Waals surface area contributed by atoms with E-state index in [1.54, 1.807) is 27.7 Å². The molecule has 0 radical (unpaired) electrons. The molecule has 0 spiro atoms. The van der Waals surface area contributed by atoms with Crippen LogP contribution in [0.2, 0.25) is 0 Å². The van der Waals surface area contributed by atoms with Gasteiger partial charge in [-0.1, -0.05) is 47.0 Å². The van der Waals surface area contributed by atoms with Crippen LogP contribution in [0.4, 0.5) is 4.79 Å². The van der Waals surface area contributed by atoms with Crippen LogP contribution < -0.4 is 5.32 Å². The zero-order valence-electron chi connectivity index (χ0n) is 15.7. The van der Waals surface area contributed by atoms with Gasteiger partial charge in [-0.15, -0.1) is 0 Å². The molecule has 144 valence electrons. The van der Waals surface area contributed by atoms with E-state index < -0.39 is 29.7 Å². The molecule has 1 atom stereocenters. The summed E-state index contributed by atoms with van der Waals surface area (Å²) in [5.41, 5.74) is -0.426. The van der Waals surface area contributed by atoms with E-state index in [1.807, 2.05) is 0 Å². The summed E-state index contributed by atoms with van der Waals surface area (Å²) in [5.74, 6) is -1.78. The maximum atomic E-state index is 12.1. The topological polar surface area (TPSA) is 102 Å². The number of aliphatic carboxylic acids is 1. The van der Waals surface area contributed by atoms with E-state index in [0.717, 1.165) is 32.1 Å². The lowest BCUT2D eigenvalue weighted by Gasteiger charge is -2.36. The van der Waals surface area contributed by atoms with Crippen molar-refractivity contribution in [2.24, 2.45) is 17.3 Å². The van der Waals surface area contributed by atoms with E-state index >= 15 is 0 Å². The van der Waals surface area contributed by atoms with Crippen LogP contribution >= 0.6 is 0 Å². The minimum absolute atomic E-state index is 0.0310. The Morgan fingerprint density at radius 3 is 2.12 bits per heavy atom. The van der Waals surface area contributed by atoms with Crippen molar-refractivity contribution in [2.75, 3.05) is 6.54 Å². The van der Waals surface area contributed by atoms with Crippen LogP contribution in [-0.2, 0) is 19.1 Å². The number of ether oxygens (including phenoxy) is 2. The van der Waals surface area contributed by atoms with Gasteiger partial charge in [-0.2, -0.15) is 0 Å². The molecule has 0 saturated heterocycles. The lowest BCUT2D eigenvalue weighted by atomic mass is 9.72. The lowest BCUT2D eigenvalue weighted by Crippen LogP contribution is -2.42. The van der Waals surface area contributed by atoms with Crippen molar-refractivity contribution >= 4 is 18.0 Å². The number of amides is 1. The summed E-state index contributed by atoms with van der Waals surface area (Å²) in [5, 5.41) is 11.8. The second-order valence-corrected chi connectivity index (χ2v) is 7.59. The number of carboxylic acids is 1. The van der Waals surface area contributed by atoms with Gasteiger partial charge in [-0.25, -0.2) is 4.79 Å². The van der Waals surface area contributed by atoms with Gasteiger partial charge in [0.1, 0.15) is 0 Å². The predicted octanol–water partition coefficient (Wildman–Crippen LogP) is 3.32. The Morgan fingerprint density at radius 1 is 1.04 bits per heavy atom. The van der Waals surface area contributed by atoms with E-state index in [2.05, 4.69) is 5.32 Å². The zero-order valence-corrected chi connectivity index (χ0v) is 15.7. The van der Waals surface area contributed by atoms with Gasteiger partial charge in [-0.05, 0) is 18.3 Å². The minimum Gasteiger partial charge on any atom is -0.481 e. The Kier molecular flexibility index (Phi) is 8.19. The van der Waals surface area contributed by atoms with Crippen LogP contribution in [0.15, 0.2) is 0 Å². The number of hydrogen-bond acceptors (Lipinski definition) is 5. The number of nitrogens with one attached hydrogen (secondary N) is 1. The number of carboxylic acid groups (broad SMARTS) is 1. The van der Waals surface area contributed by atoms with Gasteiger partial charge in [0.25, 0.3) is 6.29 Å². The first-order chi connectivity index (χ1) is 11.6. The van der Waals surface area contributed by atoms with E-state index in [0.29, 0.717) is 0 Å². The number of rotatable bonds is 8. The zero-order chi connectivity index (χ0) is 19.0. The number of carbonyl (C=O) groups is 3. The van der Waals surface area contributed by atoms with Crippen LogP contribution in [0, 0.1) is 17.3 Å². The number of esters is 1. The second kappa shape index (κ2) is 9.63. The van der Waals surface area contributed by atoms with Crippen molar-refractivity contribution in [1.82, 2.24) is 5.32 Å². The molecule has 0 aromatic heterocycles. The van der Waals surface area contributed by atoms with Gasteiger partial charge in [0.15, 0.2) is 0 Å². The van der Waals surface area contributed by atoms with Crippen LogP contribution in [-0.4, -0.2) is 36.0 Å². The molecule has 7 heteroatoms. The highest BCUT2D eigenvalue weighted by Crippen LogP contribution is 2.38. The summed E-state index contributed by atoms with van der Waals surface area (Å²) >= 11 is 0. The summed E-state index contributed by atoms with van der Waals surface area (Å²) in [6, 6.07) is 0. The third-order valence-corrected chi connectivity index (χ3v) is 4.52. The third-order valence-electron chi connectivity index (χ3n) is 4.52. The molecule has 2 N–H and O–H groups in total. The number of alkyl carbamates (subject to hydrolysis) is 1. The molecular weight excluding hydrogens is 326 g/mol. The first-order valence-electron chi connectivity index (χ1n) is 9.02. The molecular formula is C18H31NO6.